The molecule has 0 fully saturated rings. The van der Waals surface area contributed by atoms with Crippen LogP contribution in [-0.4, -0.2) is 48.4 Å². The van der Waals surface area contributed by atoms with Crippen LogP contribution in [0.4, 0.5) is 0 Å². The lowest BCUT2D eigenvalue weighted by atomic mass is 10.1. The van der Waals surface area contributed by atoms with E-state index in [4.69, 9.17) is 4.74 Å². The Kier molecular flexibility index (Phi) is 4.90. The first-order chi connectivity index (χ1) is 9.81. The number of amidine groups is 1. The van der Waals surface area contributed by atoms with E-state index in [9.17, 15) is 4.79 Å². The van der Waals surface area contributed by atoms with Crippen LogP contribution in [0.5, 0.6) is 0 Å². The monoisotopic (exact) mass is 404 g/mol. The maximum atomic E-state index is 11.8. The zero-order valence-electron chi connectivity index (χ0n) is 12.8. The summed E-state index contributed by atoms with van der Waals surface area (Å²) in [5.74, 6) is 0.867. The van der Waals surface area contributed by atoms with E-state index in [0.717, 1.165) is 5.84 Å². The molecular weight excluding hydrogens is 383 g/mol. The van der Waals surface area contributed by atoms with Gasteiger partial charge in [-0.05, 0) is 43.4 Å². The fourth-order valence-electron chi connectivity index (χ4n) is 2.37. The molecule has 0 bridgehead atoms. The molecule has 2 heterocycles. The lowest BCUT2D eigenvalue weighted by Crippen LogP contribution is -2.42. The Hall–Kier alpha value is -1.12. The minimum absolute atomic E-state index is 0.0145. The van der Waals surface area contributed by atoms with Gasteiger partial charge in [0.1, 0.15) is 23.9 Å². The van der Waals surface area contributed by atoms with E-state index in [0.29, 0.717) is 13.0 Å². The molecule has 1 N–H and O–H groups in total. The van der Waals surface area contributed by atoms with Crippen molar-refractivity contribution in [1.29, 1.82) is 0 Å². The second-order valence-electron chi connectivity index (χ2n) is 6.01. The number of aliphatic imine (C=N–C) groups is 2. The van der Waals surface area contributed by atoms with Gasteiger partial charge in [-0.25, -0.2) is 9.98 Å². The topological polar surface area (TPSA) is 66.3 Å². The summed E-state index contributed by atoms with van der Waals surface area (Å²) in [7, 11) is 1.86. The Morgan fingerprint density at radius 3 is 2.86 bits per heavy atom. The summed E-state index contributed by atoms with van der Waals surface area (Å²) in [6.07, 6.45) is 3.97. The third kappa shape index (κ3) is 3.96. The standard InChI is InChI=1S/C14H21IN4O2/c1-14(2,3)21-10(20)5-6-19-7-9(15)11-12(16-4)17-8-18-13(11)19/h7-8,11,13H,5-6H2,1-4H3,(H,16,17,18). The van der Waals surface area contributed by atoms with Crippen molar-refractivity contribution in [2.45, 2.75) is 39.0 Å². The maximum Gasteiger partial charge on any atom is 0.308 e. The van der Waals surface area contributed by atoms with E-state index in [1.807, 2.05) is 27.8 Å². The molecule has 116 valence electrons. The number of hydrogen-bond donors (Lipinski definition) is 1. The highest BCUT2D eigenvalue weighted by Gasteiger charge is 2.38. The smallest absolute Gasteiger partial charge is 0.308 e. The van der Waals surface area contributed by atoms with Crippen molar-refractivity contribution in [1.82, 2.24) is 10.2 Å². The molecule has 0 amide bonds. The SMILES string of the molecule is CNC1=NC=NC2C1C(I)=CN2CCC(=O)OC(C)(C)C. The number of fused-ring (bicyclic) bond motifs is 1. The first-order valence-corrected chi connectivity index (χ1v) is 8.01. The van der Waals surface area contributed by atoms with Gasteiger partial charge in [-0.3, -0.25) is 4.79 Å². The van der Waals surface area contributed by atoms with Crippen molar-refractivity contribution in [3.8, 4) is 0 Å². The number of hydrogen-bond acceptors (Lipinski definition) is 6. The molecule has 2 aliphatic rings. The minimum Gasteiger partial charge on any atom is -0.460 e. The second kappa shape index (κ2) is 6.33. The van der Waals surface area contributed by atoms with Gasteiger partial charge in [-0.15, -0.1) is 0 Å². The predicted octanol–water partition coefficient (Wildman–Crippen LogP) is 1.91. The van der Waals surface area contributed by atoms with E-state index >= 15 is 0 Å². The number of rotatable bonds is 3. The molecule has 0 saturated heterocycles. The Morgan fingerprint density at radius 1 is 1.52 bits per heavy atom. The number of halogens is 1. The quantitative estimate of drug-likeness (QED) is 0.577. The van der Waals surface area contributed by atoms with Crippen LogP contribution in [-0.2, 0) is 9.53 Å². The minimum atomic E-state index is -0.441. The highest BCUT2D eigenvalue weighted by atomic mass is 127. The second-order valence-corrected chi connectivity index (χ2v) is 7.25. The van der Waals surface area contributed by atoms with Crippen LogP contribution in [0.25, 0.3) is 0 Å². The number of ether oxygens (including phenoxy) is 1. The zero-order valence-corrected chi connectivity index (χ0v) is 14.9. The van der Waals surface area contributed by atoms with Crippen molar-refractivity contribution in [3.63, 3.8) is 0 Å². The Labute approximate surface area is 138 Å². The van der Waals surface area contributed by atoms with Gasteiger partial charge in [0.15, 0.2) is 0 Å². The van der Waals surface area contributed by atoms with Gasteiger partial charge < -0.3 is 15.0 Å². The lowest BCUT2D eigenvalue weighted by Gasteiger charge is -2.29. The van der Waals surface area contributed by atoms with Crippen LogP contribution >= 0.6 is 22.6 Å². The molecule has 2 unspecified atom stereocenters. The van der Waals surface area contributed by atoms with E-state index in [1.165, 1.54) is 3.58 Å². The van der Waals surface area contributed by atoms with Crippen LogP contribution in [0.15, 0.2) is 19.8 Å². The molecule has 0 spiro atoms. The summed E-state index contributed by atoms with van der Waals surface area (Å²) in [5.41, 5.74) is -0.441. The third-order valence-electron chi connectivity index (χ3n) is 3.19. The van der Waals surface area contributed by atoms with E-state index in [2.05, 4.69) is 49.0 Å². The van der Waals surface area contributed by atoms with E-state index in [-0.39, 0.29) is 18.1 Å². The molecule has 0 radical (unpaired) electrons. The average molecular weight is 404 g/mol. The first-order valence-electron chi connectivity index (χ1n) is 6.94. The Bertz CT molecular complexity index is 508. The normalized spacial score (nSPS) is 24.3. The van der Waals surface area contributed by atoms with Crippen LogP contribution < -0.4 is 5.32 Å². The van der Waals surface area contributed by atoms with Crippen molar-refractivity contribution in [2.24, 2.45) is 15.9 Å². The van der Waals surface area contributed by atoms with Gasteiger partial charge in [0.2, 0.25) is 0 Å². The molecule has 7 heteroatoms. The molecule has 2 aliphatic heterocycles. The molecule has 21 heavy (non-hydrogen) atoms. The van der Waals surface area contributed by atoms with Crippen molar-refractivity contribution in [2.75, 3.05) is 13.6 Å². The van der Waals surface area contributed by atoms with Crippen molar-refractivity contribution >= 4 is 40.7 Å². The predicted molar refractivity (Wildman–Crippen MR) is 91.5 cm³/mol. The molecule has 2 rings (SSSR count). The molecule has 2 atom stereocenters. The zero-order chi connectivity index (χ0) is 15.6. The molecule has 0 aliphatic carbocycles. The van der Waals surface area contributed by atoms with E-state index < -0.39 is 5.60 Å². The maximum absolute atomic E-state index is 11.8. The summed E-state index contributed by atoms with van der Waals surface area (Å²) in [6.45, 7) is 6.22. The van der Waals surface area contributed by atoms with E-state index in [1.54, 1.807) is 6.34 Å². The first kappa shape index (κ1) is 16.3. The summed E-state index contributed by atoms with van der Waals surface area (Å²) in [5, 5.41) is 3.12. The number of nitrogens with one attached hydrogen (secondary N) is 1. The molecule has 0 aromatic carbocycles. The van der Waals surface area contributed by atoms with Gasteiger partial charge in [0.25, 0.3) is 0 Å². The van der Waals surface area contributed by atoms with Crippen molar-refractivity contribution < 1.29 is 9.53 Å². The van der Waals surface area contributed by atoms with Gasteiger partial charge in [0, 0.05) is 23.4 Å². The number of carbonyl (C=O) groups excluding carboxylic acids is 1. The number of esters is 1. The molecule has 0 aromatic rings. The fraction of sp³-hybridized carbons (Fsp3) is 0.643. The van der Waals surface area contributed by atoms with Gasteiger partial charge >= 0.3 is 5.97 Å². The van der Waals surface area contributed by atoms with Gasteiger partial charge in [-0.2, -0.15) is 0 Å². The van der Waals surface area contributed by atoms with Crippen LogP contribution in [0.1, 0.15) is 27.2 Å². The summed E-state index contributed by atoms with van der Waals surface area (Å²) in [6, 6.07) is 0. The van der Waals surface area contributed by atoms with Crippen LogP contribution in [0.2, 0.25) is 0 Å². The lowest BCUT2D eigenvalue weighted by molar-refractivity contribution is -0.155. The highest BCUT2D eigenvalue weighted by molar-refractivity contribution is 14.1. The van der Waals surface area contributed by atoms with Crippen LogP contribution in [0, 0.1) is 5.92 Å². The molecular formula is C14H21IN4O2. The molecule has 0 aromatic heterocycles. The molecule has 6 nitrogen and oxygen atoms in total. The molecule has 0 saturated carbocycles. The largest absolute Gasteiger partial charge is 0.460 e. The summed E-state index contributed by atoms with van der Waals surface area (Å²) in [4.78, 5) is 22.6. The Morgan fingerprint density at radius 2 is 2.24 bits per heavy atom. The number of nitrogens with zero attached hydrogens (tertiary/aromatic N) is 3. The van der Waals surface area contributed by atoms with Crippen LogP contribution in [0.3, 0.4) is 0 Å². The average Bonchev–Trinajstić information content (AvgIpc) is 2.71. The highest BCUT2D eigenvalue weighted by Crippen LogP contribution is 2.35. The Balaban J connectivity index is 1.96. The van der Waals surface area contributed by atoms with Gasteiger partial charge in [0.05, 0.1) is 12.3 Å². The summed E-state index contributed by atoms with van der Waals surface area (Å²) >= 11 is 2.31. The van der Waals surface area contributed by atoms with Crippen molar-refractivity contribution in [3.05, 3.63) is 9.78 Å². The van der Waals surface area contributed by atoms with Gasteiger partial charge in [-0.1, -0.05) is 0 Å². The fourth-order valence-corrected chi connectivity index (χ4v) is 3.34. The number of carbonyl (C=O) groups is 1. The third-order valence-corrected chi connectivity index (χ3v) is 4.13. The summed E-state index contributed by atoms with van der Waals surface area (Å²) < 4.78 is 6.51.